The monoisotopic (exact) mass is 168 g/mol. The summed E-state index contributed by atoms with van der Waals surface area (Å²) in [5, 5.41) is 24.1. The van der Waals surface area contributed by atoms with Crippen molar-refractivity contribution >= 4 is 11.4 Å². The second kappa shape index (κ2) is 3.21. The second-order valence-corrected chi connectivity index (χ2v) is 2.39. The average Bonchev–Trinajstić information content (AvgIpc) is 2.05. The molecular weight excluding hydrogens is 156 g/mol. The highest BCUT2D eigenvalue weighted by Crippen LogP contribution is 2.33. The minimum Gasteiger partial charge on any atom is -0.506 e. The predicted octanol–water partition coefficient (Wildman–Crippen LogP) is 1.18. The van der Waals surface area contributed by atoms with Crippen molar-refractivity contribution in [2.75, 3.05) is 24.7 Å². The molecule has 0 bridgehead atoms. The first-order valence-electron chi connectivity index (χ1n) is 3.60. The minimum atomic E-state index is 0.0361. The standard InChI is InChI=1S/C8H12N2O2/c1-9-5-3-6(10-2)8(12)4-7(5)11/h3-4,9-12H,1-2H3. The molecule has 0 atom stereocenters. The molecule has 4 heteroatoms. The normalized spacial score (nSPS) is 9.50. The minimum absolute atomic E-state index is 0.0361. The average molecular weight is 168 g/mol. The highest BCUT2D eigenvalue weighted by atomic mass is 16.3. The van der Waals surface area contributed by atoms with E-state index in [0.29, 0.717) is 11.4 Å². The van der Waals surface area contributed by atoms with E-state index >= 15 is 0 Å². The molecule has 0 aliphatic heterocycles. The van der Waals surface area contributed by atoms with Crippen LogP contribution >= 0.6 is 0 Å². The van der Waals surface area contributed by atoms with Crippen LogP contribution in [-0.2, 0) is 0 Å². The number of benzene rings is 1. The van der Waals surface area contributed by atoms with Gasteiger partial charge in [-0.15, -0.1) is 0 Å². The summed E-state index contributed by atoms with van der Waals surface area (Å²) >= 11 is 0. The van der Waals surface area contributed by atoms with Crippen molar-refractivity contribution in [2.24, 2.45) is 0 Å². The quantitative estimate of drug-likeness (QED) is 0.395. The number of rotatable bonds is 2. The summed E-state index contributed by atoms with van der Waals surface area (Å²) in [6.45, 7) is 0. The zero-order chi connectivity index (χ0) is 9.14. The highest BCUT2D eigenvalue weighted by molar-refractivity contribution is 5.70. The van der Waals surface area contributed by atoms with Crippen LogP contribution in [0.2, 0.25) is 0 Å². The van der Waals surface area contributed by atoms with E-state index < -0.39 is 0 Å². The van der Waals surface area contributed by atoms with Crippen LogP contribution in [0.4, 0.5) is 11.4 Å². The topological polar surface area (TPSA) is 64.5 Å². The molecule has 1 aromatic rings. The van der Waals surface area contributed by atoms with Crippen molar-refractivity contribution in [1.29, 1.82) is 0 Å². The predicted molar refractivity (Wildman–Crippen MR) is 48.9 cm³/mol. The maximum absolute atomic E-state index is 9.26. The molecule has 0 amide bonds. The fourth-order valence-corrected chi connectivity index (χ4v) is 0.978. The number of aromatic hydroxyl groups is 2. The molecule has 0 fully saturated rings. The third kappa shape index (κ3) is 1.37. The van der Waals surface area contributed by atoms with Crippen LogP contribution in [0.25, 0.3) is 0 Å². The van der Waals surface area contributed by atoms with Gasteiger partial charge in [-0.05, 0) is 6.07 Å². The number of nitrogens with one attached hydrogen (secondary N) is 2. The van der Waals surface area contributed by atoms with Gasteiger partial charge in [0.15, 0.2) is 0 Å². The Morgan fingerprint density at radius 3 is 1.67 bits per heavy atom. The molecule has 4 N–H and O–H groups in total. The second-order valence-electron chi connectivity index (χ2n) is 2.39. The Bertz CT molecular complexity index is 261. The van der Waals surface area contributed by atoms with E-state index in [1.807, 2.05) is 0 Å². The number of hydrogen-bond donors (Lipinski definition) is 4. The summed E-state index contributed by atoms with van der Waals surface area (Å²) in [4.78, 5) is 0. The molecule has 0 aliphatic carbocycles. The molecule has 0 unspecified atom stereocenters. The van der Waals surface area contributed by atoms with Crippen molar-refractivity contribution in [1.82, 2.24) is 0 Å². The number of phenolic OH excluding ortho intramolecular Hbond substituents is 2. The fraction of sp³-hybridized carbons (Fsp3) is 0.250. The summed E-state index contributed by atoms with van der Waals surface area (Å²) in [5.41, 5.74) is 1.16. The molecular formula is C8H12N2O2. The first-order chi connectivity index (χ1) is 5.69. The molecule has 0 aliphatic rings. The van der Waals surface area contributed by atoms with E-state index in [-0.39, 0.29) is 11.5 Å². The summed E-state index contributed by atoms with van der Waals surface area (Å²) in [5.74, 6) is 0.0722. The Morgan fingerprint density at radius 2 is 1.33 bits per heavy atom. The van der Waals surface area contributed by atoms with Gasteiger partial charge < -0.3 is 20.8 Å². The fourth-order valence-electron chi connectivity index (χ4n) is 0.978. The number of phenols is 2. The van der Waals surface area contributed by atoms with Crippen molar-refractivity contribution in [3.8, 4) is 11.5 Å². The zero-order valence-corrected chi connectivity index (χ0v) is 7.05. The van der Waals surface area contributed by atoms with Gasteiger partial charge in [0.25, 0.3) is 0 Å². The summed E-state index contributed by atoms with van der Waals surface area (Å²) in [6.07, 6.45) is 0. The van der Waals surface area contributed by atoms with E-state index in [4.69, 9.17) is 0 Å². The molecule has 66 valence electrons. The van der Waals surface area contributed by atoms with Gasteiger partial charge in [0.05, 0.1) is 11.4 Å². The zero-order valence-electron chi connectivity index (χ0n) is 7.05. The summed E-state index contributed by atoms with van der Waals surface area (Å²) in [7, 11) is 3.40. The van der Waals surface area contributed by atoms with Crippen molar-refractivity contribution in [2.45, 2.75) is 0 Å². The molecule has 0 saturated carbocycles. The van der Waals surface area contributed by atoms with Crippen LogP contribution < -0.4 is 10.6 Å². The molecule has 0 aromatic heterocycles. The Morgan fingerprint density at radius 1 is 0.917 bits per heavy atom. The SMILES string of the molecule is CNc1cc(NC)c(O)cc1O. The lowest BCUT2D eigenvalue weighted by molar-refractivity contribution is 0.453. The van der Waals surface area contributed by atoms with Gasteiger partial charge in [0.2, 0.25) is 0 Å². The van der Waals surface area contributed by atoms with Gasteiger partial charge in [-0.1, -0.05) is 0 Å². The molecule has 0 heterocycles. The van der Waals surface area contributed by atoms with Crippen molar-refractivity contribution in [3.63, 3.8) is 0 Å². The lowest BCUT2D eigenvalue weighted by Gasteiger charge is -2.08. The van der Waals surface area contributed by atoms with E-state index in [1.165, 1.54) is 6.07 Å². The van der Waals surface area contributed by atoms with E-state index in [2.05, 4.69) is 10.6 Å². The van der Waals surface area contributed by atoms with Gasteiger partial charge in [-0.25, -0.2) is 0 Å². The summed E-state index contributed by atoms with van der Waals surface area (Å²) < 4.78 is 0. The Labute approximate surface area is 70.8 Å². The van der Waals surface area contributed by atoms with E-state index in [1.54, 1.807) is 20.2 Å². The van der Waals surface area contributed by atoms with Gasteiger partial charge >= 0.3 is 0 Å². The van der Waals surface area contributed by atoms with Crippen LogP contribution in [0.15, 0.2) is 12.1 Å². The first kappa shape index (κ1) is 8.52. The first-order valence-corrected chi connectivity index (χ1v) is 3.60. The molecule has 0 radical (unpaired) electrons. The van der Waals surface area contributed by atoms with Gasteiger partial charge in [0, 0.05) is 20.2 Å². The number of hydrogen-bond acceptors (Lipinski definition) is 4. The molecule has 12 heavy (non-hydrogen) atoms. The van der Waals surface area contributed by atoms with Crippen molar-refractivity contribution < 1.29 is 10.2 Å². The maximum Gasteiger partial charge on any atom is 0.142 e. The van der Waals surface area contributed by atoms with E-state index in [9.17, 15) is 10.2 Å². The van der Waals surface area contributed by atoms with Crippen LogP contribution in [-0.4, -0.2) is 24.3 Å². The molecule has 1 aromatic carbocycles. The third-order valence-corrected chi connectivity index (χ3v) is 1.65. The van der Waals surface area contributed by atoms with Gasteiger partial charge in [-0.3, -0.25) is 0 Å². The lowest BCUT2D eigenvalue weighted by Crippen LogP contribution is -1.93. The van der Waals surface area contributed by atoms with Crippen LogP contribution in [0, 0.1) is 0 Å². The molecule has 1 rings (SSSR count). The van der Waals surface area contributed by atoms with Crippen LogP contribution in [0.3, 0.4) is 0 Å². The Hall–Kier alpha value is -1.58. The largest absolute Gasteiger partial charge is 0.506 e. The molecule has 0 saturated heterocycles. The lowest BCUT2D eigenvalue weighted by atomic mass is 10.2. The van der Waals surface area contributed by atoms with Crippen LogP contribution in [0.1, 0.15) is 0 Å². The summed E-state index contributed by atoms with van der Waals surface area (Å²) in [6, 6.07) is 2.92. The Balaban J connectivity index is 3.18. The van der Waals surface area contributed by atoms with Gasteiger partial charge in [0.1, 0.15) is 11.5 Å². The maximum atomic E-state index is 9.26. The van der Waals surface area contributed by atoms with E-state index in [0.717, 1.165) is 0 Å². The molecule has 0 spiro atoms. The highest BCUT2D eigenvalue weighted by Gasteiger charge is 2.05. The van der Waals surface area contributed by atoms with Crippen molar-refractivity contribution in [3.05, 3.63) is 12.1 Å². The number of anilines is 2. The molecule has 4 nitrogen and oxygen atoms in total. The van der Waals surface area contributed by atoms with Gasteiger partial charge in [-0.2, -0.15) is 0 Å². The smallest absolute Gasteiger partial charge is 0.142 e. The third-order valence-electron chi connectivity index (χ3n) is 1.65. The Kier molecular flexibility index (Phi) is 2.28. The van der Waals surface area contributed by atoms with Crippen LogP contribution in [0.5, 0.6) is 11.5 Å².